The summed E-state index contributed by atoms with van der Waals surface area (Å²) in [4.78, 5) is 28.1. The summed E-state index contributed by atoms with van der Waals surface area (Å²) in [6, 6.07) is 15.5. The number of halogens is 1. The lowest BCUT2D eigenvalue weighted by Crippen LogP contribution is -2.13. The Bertz CT molecular complexity index is 957. The molecule has 0 saturated carbocycles. The summed E-state index contributed by atoms with van der Waals surface area (Å²) in [5.74, 6) is -0.906. The zero-order valence-corrected chi connectivity index (χ0v) is 14.4. The highest BCUT2D eigenvalue weighted by Crippen LogP contribution is 2.22. The Balaban J connectivity index is 1.70. The van der Waals surface area contributed by atoms with Crippen LogP contribution in [-0.2, 0) is 4.74 Å². The lowest BCUT2D eigenvalue weighted by molar-refractivity contribution is 0.0601. The van der Waals surface area contributed by atoms with Crippen molar-refractivity contribution in [3.05, 3.63) is 83.8 Å². The smallest absolute Gasteiger partial charge is 0.339 e. The Labute approximate surface area is 155 Å². The van der Waals surface area contributed by atoms with Crippen molar-refractivity contribution in [1.82, 2.24) is 4.98 Å². The number of carbonyl (C=O) groups is 2. The monoisotopic (exact) mass is 365 g/mol. The van der Waals surface area contributed by atoms with Crippen molar-refractivity contribution in [2.24, 2.45) is 0 Å². The molecule has 1 heterocycles. The van der Waals surface area contributed by atoms with Crippen LogP contribution < -0.4 is 10.6 Å². The molecule has 0 aliphatic heterocycles. The predicted molar refractivity (Wildman–Crippen MR) is 99.7 cm³/mol. The summed E-state index contributed by atoms with van der Waals surface area (Å²) < 4.78 is 17.7. The summed E-state index contributed by atoms with van der Waals surface area (Å²) in [7, 11) is 1.32. The molecule has 0 fully saturated rings. The topological polar surface area (TPSA) is 80.3 Å². The normalized spacial score (nSPS) is 10.1. The average Bonchev–Trinajstić information content (AvgIpc) is 2.70. The molecule has 0 aliphatic carbocycles. The molecule has 0 unspecified atom stereocenters. The molecule has 2 N–H and O–H groups in total. The third-order valence-electron chi connectivity index (χ3n) is 3.72. The lowest BCUT2D eigenvalue weighted by atomic mass is 10.1. The van der Waals surface area contributed by atoms with Gasteiger partial charge >= 0.3 is 5.97 Å². The van der Waals surface area contributed by atoms with E-state index in [4.69, 9.17) is 4.74 Å². The average molecular weight is 365 g/mol. The van der Waals surface area contributed by atoms with Gasteiger partial charge in [0.05, 0.1) is 30.2 Å². The van der Waals surface area contributed by atoms with Crippen LogP contribution >= 0.6 is 0 Å². The number of hydrogen-bond donors (Lipinski definition) is 2. The predicted octanol–water partition coefficient (Wildman–Crippen LogP) is 4.00. The SMILES string of the molecule is COC(=O)c1ccccc1Nc1ccc(NC(=O)c2ccc(F)cc2)nc1. The van der Waals surface area contributed by atoms with Crippen molar-refractivity contribution in [1.29, 1.82) is 0 Å². The van der Waals surface area contributed by atoms with Crippen molar-refractivity contribution in [2.75, 3.05) is 17.7 Å². The fourth-order valence-electron chi connectivity index (χ4n) is 2.37. The zero-order chi connectivity index (χ0) is 19.2. The summed E-state index contributed by atoms with van der Waals surface area (Å²) in [5.41, 5.74) is 1.93. The Morgan fingerprint density at radius 1 is 1.00 bits per heavy atom. The Hall–Kier alpha value is -3.74. The van der Waals surface area contributed by atoms with Gasteiger partial charge in [0.1, 0.15) is 11.6 Å². The van der Waals surface area contributed by atoms with Crippen LogP contribution in [0.3, 0.4) is 0 Å². The number of benzene rings is 2. The molecule has 0 radical (unpaired) electrons. The molecule has 3 aromatic rings. The Morgan fingerprint density at radius 3 is 2.41 bits per heavy atom. The molecular weight excluding hydrogens is 349 g/mol. The van der Waals surface area contributed by atoms with Crippen molar-refractivity contribution in [3.63, 3.8) is 0 Å². The first kappa shape index (κ1) is 18.1. The second-order valence-electron chi connectivity index (χ2n) is 5.56. The first-order chi connectivity index (χ1) is 13.1. The van der Waals surface area contributed by atoms with Crippen LogP contribution in [0.25, 0.3) is 0 Å². The van der Waals surface area contributed by atoms with Crippen LogP contribution in [0.15, 0.2) is 66.9 Å². The minimum absolute atomic E-state index is 0.326. The van der Waals surface area contributed by atoms with Crippen LogP contribution in [0.1, 0.15) is 20.7 Å². The Kier molecular flexibility index (Phi) is 5.41. The van der Waals surface area contributed by atoms with E-state index in [1.165, 1.54) is 37.6 Å². The van der Waals surface area contributed by atoms with Crippen LogP contribution in [0.5, 0.6) is 0 Å². The van der Waals surface area contributed by atoms with Gasteiger partial charge in [-0.15, -0.1) is 0 Å². The maximum absolute atomic E-state index is 12.9. The number of aromatic nitrogens is 1. The molecule has 1 amide bonds. The van der Waals surface area contributed by atoms with Gasteiger partial charge in [0.2, 0.25) is 0 Å². The molecule has 27 heavy (non-hydrogen) atoms. The summed E-state index contributed by atoms with van der Waals surface area (Å²) >= 11 is 0. The highest BCUT2D eigenvalue weighted by atomic mass is 19.1. The van der Waals surface area contributed by atoms with E-state index in [9.17, 15) is 14.0 Å². The van der Waals surface area contributed by atoms with Gasteiger partial charge in [0, 0.05) is 5.56 Å². The molecule has 0 bridgehead atoms. The van der Waals surface area contributed by atoms with Crippen molar-refractivity contribution >= 4 is 29.1 Å². The van der Waals surface area contributed by atoms with Gasteiger partial charge in [-0.3, -0.25) is 4.79 Å². The Morgan fingerprint density at radius 2 is 1.74 bits per heavy atom. The number of ether oxygens (including phenoxy) is 1. The third-order valence-corrected chi connectivity index (χ3v) is 3.72. The summed E-state index contributed by atoms with van der Waals surface area (Å²) in [6.45, 7) is 0. The minimum atomic E-state index is -0.450. The number of nitrogens with one attached hydrogen (secondary N) is 2. The van der Waals surface area contributed by atoms with Crippen LogP contribution in [-0.4, -0.2) is 24.0 Å². The summed E-state index contributed by atoms with van der Waals surface area (Å²) in [6.07, 6.45) is 1.52. The van der Waals surface area contributed by atoms with E-state index in [2.05, 4.69) is 15.6 Å². The van der Waals surface area contributed by atoms with E-state index in [0.29, 0.717) is 28.3 Å². The molecule has 136 valence electrons. The van der Waals surface area contributed by atoms with Gasteiger partial charge in [-0.25, -0.2) is 14.2 Å². The molecule has 3 rings (SSSR count). The number of pyridine rings is 1. The van der Waals surface area contributed by atoms with Gasteiger partial charge in [-0.1, -0.05) is 12.1 Å². The van der Waals surface area contributed by atoms with Gasteiger partial charge in [-0.2, -0.15) is 0 Å². The molecule has 1 aromatic heterocycles. The number of hydrogen-bond acceptors (Lipinski definition) is 5. The molecule has 2 aromatic carbocycles. The van der Waals surface area contributed by atoms with E-state index in [1.54, 1.807) is 36.4 Å². The fraction of sp³-hybridized carbons (Fsp3) is 0.0500. The van der Waals surface area contributed by atoms with Gasteiger partial charge in [-0.05, 0) is 48.5 Å². The number of methoxy groups -OCH3 is 1. The van der Waals surface area contributed by atoms with Gasteiger partial charge in [0.15, 0.2) is 0 Å². The van der Waals surface area contributed by atoms with E-state index >= 15 is 0 Å². The van der Waals surface area contributed by atoms with Crippen molar-refractivity contribution < 1.29 is 18.7 Å². The highest BCUT2D eigenvalue weighted by molar-refractivity contribution is 6.03. The second kappa shape index (κ2) is 8.09. The lowest BCUT2D eigenvalue weighted by Gasteiger charge is -2.11. The second-order valence-corrected chi connectivity index (χ2v) is 5.56. The van der Waals surface area contributed by atoms with E-state index < -0.39 is 11.8 Å². The van der Waals surface area contributed by atoms with Gasteiger partial charge in [0.25, 0.3) is 5.91 Å². The third kappa shape index (κ3) is 4.46. The number of anilines is 3. The minimum Gasteiger partial charge on any atom is -0.465 e. The van der Waals surface area contributed by atoms with Crippen LogP contribution in [0, 0.1) is 5.82 Å². The van der Waals surface area contributed by atoms with E-state index in [0.717, 1.165) is 0 Å². The quantitative estimate of drug-likeness (QED) is 0.668. The molecule has 0 atom stereocenters. The largest absolute Gasteiger partial charge is 0.465 e. The fourth-order valence-corrected chi connectivity index (χ4v) is 2.37. The van der Waals surface area contributed by atoms with E-state index in [1.807, 2.05) is 0 Å². The molecule has 0 aliphatic rings. The maximum Gasteiger partial charge on any atom is 0.339 e. The number of rotatable bonds is 5. The van der Waals surface area contributed by atoms with E-state index in [-0.39, 0.29) is 5.91 Å². The molecule has 6 nitrogen and oxygen atoms in total. The maximum atomic E-state index is 12.9. The van der Waals surface area contributed by atoms with Crippen LogP contribution in [0.2, 0.25) is 0 Å². The number of esters is 1. The van der Waals surface area contributed by atoms with Crippen molar-refractivity contribution in [3.8, 4) is 0 Å². The number of carbonyl (C=O) groups excluding carboxylic acids is 2. The van der Waals surface area contributed by atoms with Crippen molar-refractivity contribution in [2.45, 2.75) is 0 Å². The highest BCUT2D eigenvalue weighted by Gasteiger charge is 2.11. The molecular formula is C20H16FN3O3. The first-order valence-electron chi connectivity index (χ1n) is 8.04. The first-order valence-corrected chi connectivity index (χ1v) is 8.04. The zero-order valence-electron chi connectivity index (χ0n) is 14.4. The number of nitrogens with zero attached hydrogens (tertiary/aromatic N) is 1. The number of amides is 1. The van der Waals surface area contributed by atoms with Crippen LogP contribution in [0.4, 0.5) is 21.6 Å². The molecule has 0 spiro atoms. The standard InChI is InChI=1S/C20H16FN3O3/c1-27-20(26)16-4-2-3-5-17(16)23-15-10-11-18(22-12-15)24-19(25)13-6-8-14(21)9-7-13/h2-12,23H,1H3,(H,22,24,25). The van der Waals surface area contributed by atoms with Gasteiger partial charge < -0.3 is 15.4 Å². The summed E-state index contributed by atoms with van der Waals surface area (Å²) in [5, 5.41) is 5.72. The molecule has 7 heteroatoms. The molecule has 0 saturated heterocycles. The number of para-hydroxylation sites is 1.